The number of hydrogen-bond acceptors (Lipinski definition) is 5. The van der Waals surface area contributed by atoms with E-state index in [-0.39, 0.29) is 0 Å². The van der Waals surface area contributed by atoms with Crippen LogP contribution < -0.4 is 9.47 Å². The van der Waals surface area contributed by atoms with E-state index in [0.29, 0.717) is 24.1 Å². The van der Waals surface area contributed by atoms with Crippen LogP contribution in [0.2, 0.25) is 0 Å². The molecule has 0 atom stereocenters. The Morgan fingerprint density at radius 2 is 2.20 bits per heavy atom. The summed E-state index contributed by atoms with van der Waals surface area (Å²) in [7, 11) is 3.42. The summed E-state index contributed by atoms with van der Waals surface area (Å²) in [5, 5.41) is 0. The fraction of sp³-hybridized carbons (Fsp3) is 0.444. The van der Waals surface area contributed by atoms with Crippen molar-refractivity contribution >= 4 is 11.2 Å². The minimum absolute atomic E-state index is 0.292. The number of ether oxygens (including phenoxy) is 2. The van der Waals surface area contributed by atoms with Crippen LogP contribution in [0, 0.1) is 0 Å². The van der Waals surface area contributed by atoms with Crippen LogP contribution in [-0.2, 0) is 7.05 Å². The number of aryl methyl sites for hydroxylation is 1. The quantitative estimate of drug-likeness (QED) is 0.745. The highest BCUT2D eigenvalue weighted by Crippen LogP contribution is 2.22. The molecule has 0 aliphatic rings. The molecule has 15 heavy (non-hydrogen) atoms. The van der Waals surface area contributed by atoms with E-state index in [1.54, 1.807) is 13.4 Å². The van der Waals surface area contributed by atoms with Crippen molar-refractivity contribution in [3.05, 3.63) is 6.33 Å². The fourth-order valence-corrected chi connectivity index (χ4v) is 1.34. The molecule has 6 heteroatoms. The van der Waals surface area contributed by atoms with Crippen LogP contribution >= 0.6 is 0 Å². The second kappa shape index (κ2) is 3.72. The van der Waals surface area contributed by atoms with E-state index in [4.69, 9.17) is 9.47 Å². The Bertz CT molecular complexity index is 480. The lowest BCUT2D eigenvalue weighted by Gasteiger charge is -2.05. The van der Waals surface area contributed by atoms with Gasteiger partial charge in [-0.1, -0.05) is 0 Å². The van der Waals surface area contributed by atoms with Crippen molar-refractivity contribution in [1.29, 1.82) is 0 Å². The topological polar surface area (TPSA) is 62.1 Å². The molecule has 0 saturated heterocycles. The lowest BCUT2D eigenvalue weighted by Crippen LogP contribution is -2.01. The van der Waals surface area contributed by atoms with Crippen LogP contribution in [0.15, 0.2) is 6.33 Å². The van der Waals surface area contributed by atoms with Gasteiger partial charge in [0, 0.05) is 7.05 Å². The van der Waals surface area contributed by atoms with Crippen molar-refractivity contribution in [3.63, 3.8) is 0 Å². The summed E-state index contributed by atoms with van der Waals surface area (Å²) < 4.78 is 12.2. The molecular formula is C9H12N4O2. The van der Waals surface area contributed by atoms with E-state index in [9.17, 15) is 0 Å². The molecule has 0 unspecified atom stereocenters. The average Bonchev–Trinajstić information content (AvgIpc) is 2.60. The van der Waals surface area contributed by atoms with Crippen molar-refractivity contribution < 1.29 is 9.47 Å². The van der Waals surface area contributed by atoms with Crippen LogP contribution in [0.1, 0.15) is 6.92 Å². The summed E-state index contributed by atoms with van der Waals surface area (Å²) in [6.07, 6.45) is 1.66. The summed E-state index contributed by atoms with van der Waals surface area (Å²) in [6.45, 7) is 2.39. The van der Waals surface area contributed by atoms with Crippen LogP contribution in [-0.4, -0.2) is 33.2 Å². The number of nitrogens with zero attached hydrogens (tertiary/aromatic N) is 4. The van der Waals surface area contributed by atoms with Gasteiger partial charge in [-0.2, -0.15) is 9.97 Å². The molecule has 0 amide bonds. The maximum Gasteiger partial charge on any atom is 0.321 e. The third-order valence-electron chi connectivity index (χ3n) is 1.99. The Hall–Kier alpha value is -1.85. The van der Waals surface area contributed by atoms with Gasteiger partial charge in [0.25, 0.3) is 0 Å². The molecule has 80 valence electrons. The Morgan fingerprint density at radius 3 is 2.87 bits per heavy atom. The molecule has 0 N–H and O–H groups in total. The number of imidazole rings is 1. The molecule has 0 bridgehead atoms. The molecule has 0 aromatic carbocycles. The number of methoxy groups -OCH3 is 1. The normalized spacial score (nSPS) is 10.6. The summed E-state index contributed by atoms with van der Waals surface area (Å²) in [4.78, 5) is 12.4. The maximum absolute atomic E-state index is 5.21. The molecule has 0 aliphatic carbocycles. The van der Waals surface area contributed by atoms with Crippen LogP contribution in [0.3, 0.4) is 0 Å². The van der Waals surface area contributed by atoms with Gasteiger partial charge in [-0.3, -0.25) is 0 Å². The number of rotatable bonds is 3. The van der Waals surface area contributed by atoms with Crippen molar-refractivity contribution in [2.45, 2.75) is 6.92 Å². The van der Waals surface area contributed by atoms with Crippen molar-refractivity contribution in [2.24, 2.45) is 7.05 Å². The first kappa shape index (κ1) is 9.70. The summed E-state index contributed by atoms with van der Waals surface area (Å²) in [5.74, 6) is 0.475. The molecule has 0 fully saturated rings. The van der Waals surface area contributed by atoms with Crippen molar-refractivity contribution in [3.8, 4) is 11.9 Å². The van der Waals surface area contributed by atoms with E-state index in [0.717, 1.165) is 5.52 Å². The average molecular weight is 208 g/mol. The SMILES string of the molecule is CCOc1nc(OC)c2c(ncn2C)n1. The number of hydrogen-bond donors (Lipinski definition) is 0. The zero-order valence-corrected chi connectivity index (χ0v) is 8.89. The van der Waals surface area contributed by atoms with Gasteiger partial charge in [-0.25, -0.2) is 4.98 Å². The van der Waals surface area contributed by atoms with Gasteiger partial charge in [0.15, 0.2) is 11.2 Å². The molecule has 6 nitrogen and oxygen atoms in total. The molecule has 0 aliphatic heterocycles. The predicted octanol–water partition coefficient (Wildman–Crippen LogP) is 0.771. The van der Waals surface area contributed by atoms with E-state index >= 15 is 0 Å². The van der Waals surface area contributed by atoms with Crippen LogP contribution in [0.25, 0.3) is 11.2 Å². The molecule has 0 spiro atoms. The van der Waals surface area contributed by atoms with E-state index in [1.807, 2.05) is 18.5 Å². The minimum Gasteiger partial charge on any atom is -0.479 e. The molecule has 2 aromatic rings. The first-order chi connectivity index (χ1) is 7.26. The highest BCUT2D eigenvalue weighted by Gasteiger charge is 2.12. The second-order valence-electron chi connectivity index (χ2n) is 2.98. The largest absolute Gasteiger partial charge is 0.479 e. The molecule has 0 radical (unpaired) electrons. The van der Waals surface area contributed by atoms with Crippen molar-refractivity contribution in [2.75, 3.05) is 13.7 Å². The summed E-state index contributed by atoms with van der Waals surface area (Å²) >= 11 is 0. The standard InChI is InChI=1S/C9H12N4O2/c1-4-15-9-11-7-6(8(12-9)14-3)13(2)5-10-7/h5H,4H2,1-3H3. The van der Waals surface area contributed by atoms with Gasteiger partial charge in [0.2, 0.25) is 5.88 Å². The number of aromatic nitrogens is 4. The molecular weight excluding hydrogens is 196 g/mol. The summed E-state index contributed by atoms with van der Waals surface area (Å²) in [5.41, 5.74) is 1.34. The lowest BCUT2D eigenvalue weighted by atomic mass is 10.5. The molecule has 2 heterocycles. The van der Waals surface area contributed by atoms with Crippen LogP contribution in [0.5, 0.6) is 11.9 Å². The van der Waals surface area contributed by atoms with E-state index in [2.05, 4.69) is 15.0 Å². The first-order valence-corrected chi connectivity index (χ1v) is 4.62. The molecule has 2 aromatic heterocycles. The van der Waals surface area contributed by atoms with E-state index < -0.39 is 0 Å². The van der Waals surface area contributed by atoms with Gasteiger partial charge in [0.05, 0.1) is 20.0 Å². The third kappa shape index (κ3) is 1.58. The second-order valence-corrected chi connectivity index (χ2v) is 2.98. The smallest absolute Gasteiger partial charge is 0.321 e. The first-order valence-electron chi connectivity index (χ1n) is 4.62. The summed E-state index contributed by atoms with van der Waals surface area (Å²) in [6, 6.07) is 0.292. The zero-order chi connectivity index (χ0) is 10.8. The predicted molar refractivity (Wildman–Crippen MR) is 54.0 cm³/mol. The fourth-order valence-electron chi connectivity index (χ4n) is 1.34. The van der Waals surface area contributed by atoms with Gasteiger partial charge in [0.1, 0.15) is 0 Å². The minimum atomic E-state index is 0.292. The van der Waals surface area contributed by atoms with E-state index in [1.165, 1.54) is 0 Å². The highest BCUT2D eigenvalue weighted by atomic mass is 16.5. The highest BCUT2D eigenvalue weighted by molar-refractivity contribution is 5.76. The van der Waals surface area contributed by atoms with Gasteiger partial charge in [-0.15, -0.1) is 0 Å². The Balaban J connectivity index is 2.62. The Kier molecular flexibility index (Phi) is 2.40. The molecule has 0 saturated carbocycles. The van der Waals surface area contributed by atoms with Gasteiger partial charge < -0.3 is 14.0 Å². The number of fused-ring (bicyclic) bond motifs is 1. The zero-order valence-electron chi connectivity index (χ0n) is 8.89. The van der Waals surface area contributed by atoms with Crippen molar-refractivity contribution in [1.82, 2.24) is 19.5 Å². The molecule has 2 rings (SSSR count). The lowest BCUT2D eigenvalue weighted by molar-refractivity contribution is 0.304. The maximum atomic E-state index is 5.21. The van der Waals surface area contributed by atoms with Crippen LogP contribution in [0.4, 0.5) is 0 Å². The Morgan fingerprint density at radius 1 is 1.40 bits per heavy atom. The Labute approximate surface area is 86.9 Å². The van der Waals surface area contributed by atoms with Gasteiger partial charge >= 0.3 is 6.01 Å². The van der Waals surface area contributed by atoms with Gasteiger partial charge in [-0.05, 0) is 6.92 Å². The third-order valence-corrected chi connectivity index (χ3v) is 1.99. The monoisotopic (exact) mass is 208 g/mol.